The van der Waals surface area contributed by atoms with Gasteiger partial charge in [0, 0.05) is 26.7 Å². The Hall–Kier alpha value is -3.11. The van der Waals surface area contributed by atoms with Crippen LogP contribution in [-0.2, 0) is 4.74 Å². The van der Waals surface area contributed by atoms with E-state index in [0.717, 1.165) is 16.1 Å². The molecule has 4 rings (SSSR count). The third-order valence-corrected chi connectivity index (χ3v) is 6.55. The van der Waals surface area contributed by atoms with Crippen molar-refractivity contribution in [2.24, 2.45) is 0 Å². The smallest absolute Gasteiger partial charge is 0.357 e. The van der Waals surface area contributed by atoms with Crippen LogP contribution in [0, 0.1) is 13.8 Å². The van der Waals surface area contributed by atoms with Crippen LogP contribution in [0.5, 0.6) is 0 Å². The van der Waals surface area contributed by atoms with Crippen LogP contribution < -0.4 is 5.32 Å². The van der Waals surface area contributed by atoms with Crippen molar-refractivity contribution in [3.63, 3.8) is 0 Å². The minimum Gasteiger partial charge on any atom is -0.461 e. The van der Waals surface area contributed by atoms with E-state index in [-0.39, 0.29) is 24.2 Å². The maximum absolute atomic E-state index is 13.3. The van der Waals surface area contributed by atoms with E-state index in [2.05, 4.69) is 28.4 Å². The molecule has 4 heterocycles. The first-order valence-corrected chi connectivity index (χ1v) is 11.9. The zero-order chi connectivity index (χ0) is 23.0. The van der Waals surface area contributed by atoms with Gasteiger partial charge in [-0.05, 0) is 46.8 Å². The quantitative estimate of drug-likeness (QED) is 0.388. The molecule has 0 atom stereocenters. The highest BCUT2D eigenvalue weighted by atomic mass is 32.1. The van der Waals surface area contributed by atoms with Gasteiger partial charge in [-0.15, -0.1) is 22.7 Å². The molecule has 4 aromatic rings. The number of nitrogens with zero attached hydrogens (tertiary/aromatic N) is 4. The van der Waals surface area contributed by atoms with Gasteiger partial charge in [0.15, 0.2) is 16.5 Å². The summed E-state index contributed by atoms with van der Waals surface area (Å²) >= 11 is 2.86. The first kappa shape index (κ1) is 22.1. The molecule has 0 bridgehead atoms. The number of hydrogen-bond acceptors (Lipinski definition) is 8. The molecule has 32 heavy (non-hydrogen) atoms. The standard InChI is InChI=1S/C22H23N5O3S2/c1-6-30-21(29)18-10-31-22(25-18)26-20(28)15-8-17(14-7-12(4)32-13(14)5)24-19-16(15)9-23-27(19)11(2)3/h7-11H,6H2,1-5H3,(H,25,26,28). The van der Waals surface area contributed by atoms with Crippen molar-refractivity contribution < 1.29 is 14.3 Å². The zero-order valence-electron chi connectivity index (χ0n) is 18.4. The first-order chi connectivity index (χ1) is 15.3. The number of carbonyl (C=O) groups is 2. The van der Waals surface area contributed by atoms with Crippen LogP contribution in [0.2, 0.25) is 0 Å². The molecule has 8 nitrogen and oxygen atoms in total. The van der Waals surface area contributed by atoms with Crippen molar-refractivity contribution in [3.05, 3.63) is 44.7 Å². The second-order valence-electron chi connectivity index (χ2n) is 7.51. The van der Waals surface area contributed by atoms with Gasteiger partial charge in [-0.3, -0.25) is 10.1 Å². The van der Waals surface area contributed by atoms with Crippen molar-refractivity contribution in [1.82, 2.24) is 19.7 Å². The summed E-state index contributed by atoms with van der Waals surface area (Å²) in [5.41, 5.74) is 2.99. The fourth-order valence-corrected chi connectivity index (χ4v) is 5.01. The van der Waals surface area contributed by atoms with E-state index in [9.17, 15) is 9.59 Å². The number of carbonyl (C=O) groups excluding carboxylic acids is 2. The van der Waals surface area contributed by atoms with Crippen LogP contribution in [0.25, 0.3) is 22.3 Å². The number of fused-ring (bicyclic) bond motifs is 1. The molecule has 0 saturated carbocycles. The van der Waals surface area contributed by atoms with Gasteiger partial charge in [-0.2, -0.15) is 5.10 Å². The van der Waals surface area contributed by atoms with E-state index in [4.69, 9.17) is 9.72 Å². The van der Waals surface area contributed by atoms with Gasteiger partial charge < -0.3 is 4.74 Å². The fourth-order valence-electron chi connectivity index (χ4n) is 3.40. The summed E-state index contributed by atoms with van der Waals surface area (Å²) < 4.78 is 6.78. The minimum absolute atomic E-state index is 0.0857. The number of pyridine rings is 1. The summed E-state index contributed by atoms with van der Waals surface area (Å²) in [4.78, 5) is 36.5. The average Bonchev–Trinajstić information content (AvgIpc) is 3.45. The number of aromatic nitrogens is 4. The molecule has 0 spiro atoms. The second kappa shape index (κ2) is 8.79. The minimum atomic E-state index is -0.514. The maximum Gasteiger partial charge on any atom is 0.357 e. The van der Waals surface area contributed by atoms with Crippen molar-refractivity contribution >= 4 is 50.7 Å². The van der Waals surface area contributed by atoms with Gasteiger partial charge in [0.05, 0.1) is 29.4 Å². The van der Waals surface area contributed by atoms with Crippen molar-refractivity contribution in [3.8, 4) is 11.3 Å². The fraction of sp³-hybridized carbons (Fsp3) is 0.318. The van der Waals surface area contributed by atoms with Crippen molar-refractivity contribution in [2.45, 2.75) is 40.7 Å². The Morgan fingerprint density at radius 1 is 1.22 bits per heavy atom. The van der Waals surface area contributed by atoms with Gasteiger partial charge in [0.25, 0.3) is 5.91 Å². The van der Waals surface area contributed by atoms with Gasteiger partial charge in [0.1, 0.15) is 0 Å². The number of ether oxygens (including phenoxy) is 1. The van der Waals surface area contributed by atoms with Crippen molar-refractivity contribution in [1.29, 1.82) is 0 Å². The molecule has 0 aliphatic rings. The van der Waals surface area contributed by atoms with Gasteiger partial charge >= 0.3 is 5.97 Å². The first-order valence-electron chi connectivity index (χ1n) is 10.2. The molecule has 4 aromatic heterocycles. The largest absolute Gasteiger partial charge is 0.461 e. The average molecular weight is 470 g/mol. The van der Waals surface area contributed by atoms with E-state index in [0.29, 0.717) is 21.7 Å². The molecule has 0 aliphatic carbocycles. The van der Waals surface area contributed by atoms with Crippen molar-refractivity contribution in [2.75, 3.05) is 11.9 Å². The van der Waals surface area contributed by atoms with Crippen LogP contribution in [-0.4, -0.2) is 38.2 Å². The van der Waals surface area contributed by atoms with E-state index in [1.54, 1.807) is 35.9 Å². The molecular weight excluding hydrogens is 446 g/mol. The topological polar surface area (TPSA) is 99.0 Å². The molecule has 0 saturated heterocycles. The summed E-state index contributed by atoms with van der Waals surface area (Å²) in [5.74, 6) is -0.851. The molecule has 0 radical (unpaired) electrons. The lowest BCUT2D eigenvalue weighted by Crippen LogP contribution is -2.14. The van der Waals surface area contributed by atoms with E-state index in [1.165, 1.54) is 16.2 Å². The summed E-state index contributed by atoms with van der Waals surface area (Å²) in [6, 6.07) is 3.96. The number of thiazole rings is 1. The number of rotatable bonds is 6. The molecule has 0 fully saturated rings. The Labute approximate surface area is 193 Å². The van der Waals surface area contributed by atoms with Crippen LogP contribution >= 0.6 is 22.7 Å². The monoisotopic (exact) mass is 469 g/mol. The van der Waals surface area contributed by atoms with E-state index >= 15 is 0 Å². The summed E-state index contributed by atoms with van der Waals surface area (Å²) in [5, 5.41) is 9.81. The molecule has 10 heteroatoms. The third kappa shape index (κ3) is 4.15. The number of aryl methyl sites for hydroxylation is 2. The van der Waals surface area contributed by atoms with Crippen LogP contribution in [0.15, 0.2) is 23.7 Å². The summed E-state index contributed by atoms with van der Waals surface area (Å²) in [6.07, 6.45) is 1.67. The van der Waals surface area contributed by atoms with E-state index < -0.39 is 5.97 Å². The molecule has 1 N–H and O–H groups in total. The Morgan fingerprint density at radius 2 is 2.00 bits per heavy atom. The number of anilines is 1. The zero-order valence-corrected chi connectivity index (χ0v) is 20.1. The third-order valence-electron chi connectivity index (χ3n) is 4.83. The van der Waals surface area contributed by atoms with Gasteiger partial charge in [0.2, 0.25) is 0 Å². The Bertz CT molecular complexity index is 1320. The number of esters is 1. The molecule has 0 aromatic carbocycles. The van der Waals surface area contributed by atoms with Crippen LogP contribution in [0.1, 0.15) is 57.4 Å². The molecule has 166 valence electrons. The van der Waals surface area contributed by atoms with Crippen LogP contribution in [0.3, 0.4) is 0 Å². The summed E-state index contributed by atoms with van der Waals surface area (Å²) in [7, 11) is 0. The lowest BCUT2D eigenvalue weighted by molar-refractivity contribution is 0.0520. The Morgan fingerprint density at radius 3 is 2.66 bits per heavy atom. The molecule has 0 unspecified atom stereocenters. The Balaban J connectivity index is 1.76. The number of hydrogen-bond donors (Lipinski definition) is 1. The highest BCUT2D eigenvalue weighted by molar-refractivity contribution is 7.14. The SMILES string of the molecule is CCOC(=O)c1csc(NC(=O)c2cc(-c3cc(C)sc3C)nc3c2cnn3C(C)C)n1. The number of thiophene rings is 1. The predicted molar refractivity (Wildman–Crippen MR) is 127 cm³/mol. The Kier molecular flexibility index (Phi) is 6.07. The lowest BCUT2D eigenvalue weighted by atomic mass is 10.1. The maximum atomic E-state index is 13.3. The normalized spacial score (nSPS) is 11.3. The summed E-state index contributed by atoms with van der Waals surface area (Å²) in [6.45, 7) is 10.1. The highest BCUT2D eigenvalue weighted by Crippen LogP contribution is 2.33. The second-order valence-corrected chi connectivity index (χ2v) is 9.83. The predicted octanol–water partition coefficient (Wildman–Crippen LogP) is 5.24. The van der Waals surface area contributed by atoms with E-state index in [1.807, 2.05) is 25.5 Å². The molecule has 1 amide bonds. The number of amides is 1. The molecule has 0 aliphatic heterocycles. The van der Waals surface area contributed by atoms with Crippen LogP contribution in [0.4, 0.5) is 5.13 Å². The highest BCUT2D eigenvalue weighted by Gasteiger charge is 2.21. The van der Waals surface area contributed by atoms with Gasteiger partial charge in [-0.25, -0.2) is 19.4 Å². The lowest BCUT2D eigenvalue weighted by Gasteiger charge is -2.10. The van der Waals surface area contributed by atoms with Gasteiger partial charge in [-0.1, -0.05) is 0 Å². The number of nitrogens with one attached hydrogen (secondary N) is 1. The molecular formula is C22H23N5O3S2.